The normalized spacial score (nSPS) is 13.9. The number of ether oxygens (including phenoxy) is 4. The monoisotopic (exact) mass is 972 g/mol. The van der Waals surface area contributed by atoms with Gasteiger partial charge in [0.1, 0.15) is 13.2 Å². The van der Waals surface area contributed by atoms with E-state index in [1.807, 2.05) is 21.1 Å². The molecular formula is C61H97NO8. The summed E-state index contributed by atoms with van der Waals surface area (Å²) in [6.07, 6.45) is 69.2. The summed E-state index contributed by atoms with van der Waals surface area (Å²) in [5, 5.41) is 11.7. The Morgan fingerprint density at radius 3 is 1.23 bits per heavy atom. The van der Waals surface area contributed by atoms with Gasteiger partial charge in [0.15, 0.2) is 12.4 Å². The first kappa shape index (κ1) is 65.4. The molecule has 0 aliphatic rings. The van der Waals surface area contributed by atoms with Crippen LogP contribution in [0.5, 0.6) is 0 Å². The topological polar surface area (TPSA) is 111 Å². The molecule has 0 fully saturated rings. The molecule has 70 heavy (non-hydrogen) atoms. The number of aliphatic carboxylic acids is 1. The molecule has 0 amide bonds. The van der Waals surface area contributed by atoms with Crippen LogP contribution in [0.2, 0.25) is 0 Å². The Labute approximate surface area is 427 Å². The van der Waals surface area contributed by atoms with Crippen molar-refractivity contribution in [3.63, 3.8) is 0 Å². The van der Waals surface area contributed by atoms with Crippen LogP contribution in [0, 0.1) is 0 Å². The first-order chi connectivity index (χ1) is 34.1. The molecule has 2 atom stereocenters. The van der Waals surface area contributed by atoms with E-state index in [-0.39, 0.29) is 38.6 Å². The van der Waals surface area contributed by atoms with Gasteiger partial charge in [-0.15, -0.1) is 0 Å². The number of nitrogens with zero attached hydrogens (tertiary/aromatic N) is 1. The van der Waals surface area contributed by atoms with Gasteiger partial charge >= 0.3 is 11.9 Å². The van der Waals surface area contributed by atoms with E-state index < -0.39 is 24.3 Å². The fourth-order valence-corrected chi connectivity index (χ4v) is 6.48. The smallest absolute Gasteiger partial charge is 0.306 e. The van der Waals surface area contributed by atoms with Crippen LogP contribution >= 0.6 is 0 Å². The van der Waals surface area contributed by atoms with Crippen molar-refractivity contribution in [2.75, 3.05) is 47.5 Å². The first-order valence-electron chi connectivity index (χ1n) is 26.8. The first-order valence-corrected chi connectivity index (χ1v) is 26.8. The average molecular weight is 972 g/mol. The van der Waals surface area contributed by atoms with Crippen molar-refractivity contribution in [1.82, 2.24) is 0 Å². The van der Waals surface area contributed by atoms with E-state index >= 15 is 0 Å². The summed E-state index contributed by atoms with van der Waals surface area (Å²) in [7, 11) is 5.88. The predicted molar refractivity (Wildman–Crippen MR) is 292 cm³/mol. The van der Waals surface area contributed by atoms with Gasteiger partial charge in [-0.25, -0.2) is 0 Å². The maximum absolute atomic E-state index is 12.8. The highest BCUT2D eigenvalue weighted by atomic mass is 16.7. The van der Waals surface area contributed by atoms with Gasteiger partial charge in [0.25, 0.3) is 0 Å². The summed E-state index contributed by atoms with van der Waals surface area (Å²) >= 11 is 0. The molecule has 0 aromatic heterocycles. The van der Waals surface area contributed by atoms with Crippen LogP contribution in [0.3, 0.4) is 0 Å². The lowest BCUT2D eigenvalue weighted by Crippen LogP contribution is -2.44. The van der Waals surface area contributed by atoms with Gasteiger partial charge in [0.2, 0.25) is 0 Å². The molecule has 2 unspecified atom stereocenters. The van der Waals surface area contributed by atoms with Crippen LogP contribution in [0.25, 0.3) is 0 Å². The molecule has 0 N–H and O–H groups in total. The van der Waals surface area contributed by atoms with E-state index in [1.54, 1.807) is 0 Å². The largest absolute Gasteiger partial charge is 0.545 e. The van der Waals surface area contributed by atoms with Crippen molar-refractivity contribution in [3.8, 4) is 0 Å². The minimum Gasteiger partial charge on any atom is -0.545 e. The number of hydrogen-bond donors (Lipinski definition) is 0. The lowest BCUT2D eigenvalue weighted by atomic mass is 10.1. The summed E-state index contributed by atoms with van der Waals surface area (Å²) < 4.78 is 22.6. The lowest BCUT2D eigenvalue weighted by molar-refractivity contribution is -0.870. The van der Waals surface area contributed by atoms with Crippen molar-refractivity contribution in [2.24, 2.45) is 0 Å². The molecule has 0 aliphatic heterocycles. The third-order valence-electron chi connectivity index (χ3n) is 10.6. The lowest BCUT2D eigenvalue weighted by Gasteiger charge is -2.26. The molecule has 0 radical (unpaired) electrons. The summed E-state index contributed by atoms with van der Waals surface area (Å²) in [6, 6.07) is 0. The number of carboxylic acid groups (broad SMARTS) is 1. The van der Waals surface area contributed by atoms with Gasteiger partial charge in [-0.3, -0.25) is 9.59 Å². The molecular weight excluding hydrogens is 875 g/mol. The number of allylic oxidation sites excluding steroid dienone is 22. The second kappa shape index (κ2) is 50.8. The SMILES string of the molecule is CC/C=C\C/C=C\C/C=C\C/C=C\C/C=C\C/C=C\C/C=C\C/C=C\C/C=C\CCCCCC(=O)OC(COC(=O)CCCCCCC/C=C\C/C=C\CCCC)COC(OCC[N+](C)(C)C)C(=O)[O-]. The number of unbranched alkanes of at least 4 members (excludes halogenated alkanes) is 10. The van der Waals surface area contributed by atoms with E-state index in [1.165, 1.54) is 12.8 Å². The molecule has 0 spiro atoms. The number of carboxylic acids is 1. The fraction of sp³-hybridized carbons (Fsp3) is 0.590. The Hall–Kier alpha value is -4.57. The second-order valence-corrected chi connectivity index (χ2v) is 18.4. The summed E-state index contributed by atoms with van der Waals surface area (Å²) in [5.74, 6) is -2.37. The van der Waals surface area contributed by atoms with Gasteiger partial charge < -0.3 is 33.3 Å². The van der Waals surface area contributed by atoms with E-state index in [4.69, 9.17) is 18.9 Å². The molecule has 0 aromatic rings. The van der Waals surface area contributed by atoms with Crippen molar-refractivity contribution in [3.05, 3.63) is 134 Å². The third kappa shape index (κ3) is 51.3. The molecule has 0 aromatic carbocycles. The highest BCUT2D eigenvalue weighted by molar-refractivity contribution is 5.70. The number of quaternary nitrogens is 1. The Morgan fingerprint density at radius 1 is 0.443 bits per heavy atom. The zero-order chi connectivity index (χ0) is 51.3. The fourth-order valence-electron chi connectivity index (χ4n) is 6.48. The summed E-state index contributed by atoms with van der Waals surface area (Å²) in [6.45, 7) is 4.50. The third-order valence-corrected chi connectivity index (χ3v) is 10.6. The Balaban J connectivity index is 4.40. The molecule has 0 saturated heterocycles. The van der Waals surface area contributed by atoms with Gasteiger partial charge in [-0.1, -0.05) is 186 Å². The summed E-state index contributed by atoms with van der Waals surface area (Å²) in [4.78, 5) is 37.1. The van der Waals surface area contributed by atoms with Crippen LogP contribution in [-0.4, -0.2) is 82.3 Å². The van der Waals surface area contributed by atoms with Gasteiger partial charge in [-0.05, 0) is 109 Å². The predicted octanol–water partition coefficient (Wildman–Crippen LogP) is 14.2. The quantitative estimate of drug-likeness (QED) is 0.0195. The van der Waals surface area contributed by atoms with E-state index in [9.17, 15) is 19.5 Å². The highest BCUT2D eigenvalue weighted by Gasteiger charge is 2.21. The van der Waals surface area contributed by atoms with Gasteiger partial charge in [0.05, 0.1) is 40.3 Å². The van der Waals surface area contributed by atoms with Crippen molar-refractivity contribution in [1.29, 1.82) is 0 Å². The maximum Gasteiger partial charge on any atom is 0.306 e. The number of likely N-dealkylation sites (N-methyl/N-ethyl adjacent to an activating group) is 1. The molecule has 394 valence electrons. The molecule has 0 saturated carbocycles. The van der Waals surface area contributed by atoms with Crippen molar-refractivity contribution >= 4 is 17.9 Å². The van der Waals surface area contributed by atoms with Crippen LogP contribution < -0.4 is 5.11 Å². The average Bonchev–Trinajstić information content (AvgIpc) is 3.33. The summed E-state index contributed by atoms with van der Waals surface area (Å²) in [5.41, 5.74) is 0. The zero-order valence-electron chi connectivity index (χ0n) is 44.6. The highest BCUT2D eigenvalue weighted by Crippen LogP contribution is 2.12. The van der Waals surface area contributed by atoms with Crippen molar-refractivity contribution < 1.29 is 42.9 Å². The van der Waals surface area contributed by atoms with E-state index in [2.05, 4.69) is 148 Å². The molecule has 0 aliphatic carbocycles. The number of carbonyl (C=O) groups excluding carboxylic acids is 3. The zero-order valence-corrected chi connectivity index (χ0v) is 44.6. The number of esters is 2. The Morgan fingerprint density at radius 2 is 0.814 bits per heavy atom. The molecule has 0 rings (SSSR count). The number of hydrogen-bond acceptors (Lipinski definition) is 8. The molecule has 0 bridgehead atoms. The molecule has 9 nitrogen and oxygen atoms in total. The van der Waals surface area contributed by atoms with Crippen LogP contribution in [0.15, 0.2) is 134 Å². The minimum atomic E-state index is -1.64. The van der Waals surface area contributed by atoms with Crippen LogP contribution in [0.4, 0.5) is 0 Å². The minimum absolute atomic E-state index is 0.130. The number of rotatable bonds is 47. The van der Waals surface area contributed by atoms with Crippen LogP contribution in [-0.2, 0) is 33.3 Å². The standard InChI is InChI=1S/C61H97NO8/c1-6-8-10-12-14-16-18-20-22-23-24-25-26-27-28-29-30-31-32-33-34-35-36-37-38-40-42-44-46-48-50-52-59(64)70-57(56-69-61(60(65)66)67-54-53-62(3,4)5)55-68-58(63)51-49-47-45-43-41-39-21-19-17-15-13-11-9-7-2/h8,10,13-16,19-22,24-25,27-28,30-31,33-34,36-37,40,42,57,61H,6-7,9,11-12,17-18,23,26,29,32,35,38-39,41,43-56H2,1-5H3/b10-8-,15-13-,16-14-,21-19-,22-20-,25-24-,28-27-,31-30-,34-33-,37-36-,42-40-. The Bertz CT molecular complexity index is 1600. The van der Waals surface area contributed by atoms with E-state index in [0.717, 1.165) is 122 Å². The van der Waals surface area contributed by atoms with Crippen LogP contribution in [0.1, 0.15) is 174 Å². The van der Waals surface area contributed by atoms with Gasteiger partial charge in [0, 0.05) is 12.8 Å². The van der Waals surface area contributed by atoms with Gasteiger partial charge in [-0.2, -0.15) is 0 Å². The molecule has 0 heterocycles. The van der Waals surface area contributed by atoms with Crippen molar-refractivity contribution in [2.45, 2.75) is 187 Å². The number of carbonyl (C=O) groups is 3. The van der Waals surface area contributed by atoms with E-state index in [0.29, 0.717) is 23.9 Å². The Kier molecular flexibility index (Phi) is 47.5. The molecule has 9 heteroatoms. The maximum atomic E-state index is 12.8. The second-order valence-electron chi connectivity index (χ2n) is 18.4.